The molecule has 0 radical (unpaired) electrons. The summed E-state index contributed by atoms with van der Waals surface area (Å²) in [4.78, 5) is 1.43. The lowest BCUT2D eigenvalue weighted by atomic mass is 9.75. The first-order valence-electron chi connectivity index (χ1n) is 7.78. The van der Waals surface area contributed by atoms with E-state index in [1.54, 1.807) is 0 Å². The topological polar surface area (TPSA) is 25.2 Å². The highest BCUT2D eigenvalue weighted by Gasteiger charge is 2.34. The minimum Gasteiger partial charge on any atom is -0.388 e. The number of aliphatic hydroxyl groups excluding tert-OH is 1. The average Bonchev–Trinajstić information content (AvgIpc) is 2.95. The molecular weight excluding hydrogens is 278 g/mol. The Labute approximate surface area is 131 Å². The molecule has 0 spiro atoms. The highest BCUT2D eigenvalue weighted by atomic mass is 32.1. The Kier molecular flexibility index (Phi) is 3.74. The van der Waals surface area contributed by atoms with Crippen molar-refractivity contribution in [3.63, 3.8) is 0 Å². The zero-order chi connectivity index (χ0) is 15.2. The van der Waals surface area contributed by atoms with Crippen LogP contribution in [-0.4, -0.2) is 9.67 Å². The van der Waals surface area contributed by atoms with Crippen LogP contribution in [0.25, 0.3) is 0 Å². The van der Waals surface area contributed by atoms with E-state index in [2.05, 4.69) is 55.8 Å². The van der Waals surface area contributed by atoms with E-state index in [9.17, 15) is 5.11 Å². The Bertz CT molecular complexity index is 624. The fourth-order valence-corrected chi connectivity index (χ4v) is 4.62. The van der Waals surface area contributed by atoms with Crippen molar-refractivity contribution in [3.05, 3.63) is 45.4 Å². The van der Waals surface area contributed by atoms with Crippen LogP contribution in [0.2, 0.25) is 0 Å². The molecule has 0 saturated heterocycles. The maximum atomic E-state index is 10.5. The molecule has 21 heavy (non-hydrogen) atoms. The lowest BCUT2D eigenvalue weighted by Crippen LogP contribution is -2.27. The second kappa shape index (κ2) is 5.29. The van der Waals surface area contributed by atoms with Crippen molar-refractivity contribution in [2.75, 3.05) is 0 Å². The van der Waals surface area contributed by atoms with Gasteiger partial charge in [0.05, 0.1) is 6.10 Å². The number of aromatic nitrogens is 1. The van der Waals surface area contributed by atoms with E-state index in [0.29, 0.717) is 6.04 Å². The number of hydrogen-bond donors (Lipinski definition) is 1. The molecule has 0 aliphatic heterocycles. The molecule has 2 nitrogen and oxygen atoms in total. The highest BCUT2D eigenvalue weighted by molar-refractivity contribution is 7.09. The maximum absolute atomic E-state index is 10.5. The van der Waals surface area contributed by atoms with Gasteiger partial charge >= 0.3 is 0 Å². The van der Waals surface area contributed by atoms with Gasteiger partial charge in [-0.3, -0.25) is 0 Å². The molecule has 3 rings (SSSR count). The number of aryl methyl sites for hydroxylation is 1. The van der Waals surface area contributed by atoms with Crippen LogP contribution in [0.15, 0.2) is 23.6 Å². The van der Waals surface area contributed by atoms with Crippen molar-refractivity contribution in [1.82, 2.24) is 4.57 Å². The van der Waals surface area contributed by atoms with Crippen molar-refractivity contribution in [2.45, 2.75) is 59.1 Å². The standard InChI is InChI=1S/C18H25NOS/c1-12(8-14-6-5-7-21-14)19-13(2)9-15-16(19)10-18(3,4)11-17(15)20/h5-7,9,12,17,20H,8,10-11H2,1-4H3. The fraction of sp³-hybridized carbons (Fsp3) is 0.556. The highest BCUT2D eigenvalue weighted by Crippen LogP contribution is 2.43. The first kappa shape index (κ1) is 14.9. The van der Waals surface area contributed by atoms with E-state index in [-0.39, 0.29) is 11.5 Å². The molecular formula is C18H25NOS. The summed E-state index contributed by atoms with van der Waals surface area (Å²) in [5.74, 6) is 0. The molecule has 1 aliphatic rings. The summed E-state index contributed by atoms with van der Waals surface area (Å²) in [6, 6.07) is 6.97. The maximum Gasteiger partial charge on any atom is 0.0812 e. The van der Waals surface area contributed by atoms with Gasteiger partial charge in [-0.1, -0.05) is 19.9 Å². The monoisotopic (exact) mass is 303 g/mol. The first-order chi connectivity index (χ1) is 9.87. The zero-order valence-corrected chi connectivity index (χ0v) is 14.2. The quantitative estimate of drug-likeness (QED) is 0.876. The number of nitrogens with zero attached hydrogens (tertiary/aromatic N) is 1. The molecule has 0 amide bonds. The van der Waals surface area contributed by atoms with Crippen LogP contribution in [0, 0.1) is 12.3 Å². The molecule has 0 fully saturated rings. The van der Waals surface area contributed by atoms with Gasteiger partial charge in [0.15, 0.2) is 0 Å². The number of aliphatic hydroxyl groups is 1. The Morgan fingerprint density at radius 3 is 2.90 bits per heavy atom. The summed E-state index contributed by atoms with van der Waals surface area (Å²) in [6.07, 6.45) is 2.68. The summed E-state index contributed by atoms with van der Waals surface area (Å²) in [5, 5.41) is 12.6. The molecule has 2 aromatic rings. The van der Waals surface area contributed by atoms with Crippen molar-refractivity contribution in [3.8, 4) is 0 Å². The predicted octanol–water partition coefficient (Wildman–Crippen LogP) is 4.67. The van der Waals surface area contributed by atoms with Crippen LogP contribution in [0.1, 0.15) is 61.2 Å². The molecule has 0 saturated carbocycles. The van der Waals surface area contributed by atoms with Crippen molar-refractivity contribution >= 4 is 11.3 Å². The summed E-state index contributed by atoms with van der Waals surface area (Å²) >= 11 is 1.83. The third-order valence-corrected chi connectivity index (χ3v) is 5.54. The van der Waals surface area contributed by atoms with Crippen molar-refractivity contribution < 1.29 is 5.11 Å². The van der Waals surface area contributed by atoms with Crippen LogP contribution in [0.5, 0.6) is 0 Å². The lowest BCUT2D eigenvalue weighted by molar-refractivity contribution is 0.0975. The number of hydrogen-bond acceptors (Lipinski definition) is 2. The van der Waals surface area contributed by atoms with Gasteiger partial charge < -0.3 is 9.67 Å². The Hall–Kier alpha value is -1.06. The molecule has 2 atom stereocenters. The number of rotatable bonds is 3. The third-order valence-electron chi connectivity index (χ3n) is 4.64. The van der Waals surface area contributed by atoms with Crippen LogP contribution in [0.3, 0.4) is 0 Å². The van der Waals surface area contributed by atoms with E-state index in [4.69, 9.17) is 0 Å². The van der Waals surface area contributed by atoms with Crippen LogP contribution in [-0.2, 0) is 12.8 Å². The molecule has 2 heterocycles. The minimum absolute atomic E-state index is 0.178. The Balaban J connectivity index is 1.96. The van der Waals surface area contributed by atoms with Gasteiger partial charge in [0, 0.05) is 34.3 Å². The molecule has 2 aromatic heterocycles. The van der Waals surface area contributed by atoms with E-state index >= 15 is 0 Å². The Morgan fingerprint density at radius 2 is 2.24 bits per heavy atom. The van der Waals surface area contributed by atoms with Gasteiger partial charge in [-0.2, -0.15) is 0 Å². The Morgan fingerprint density at radius 1 is 1.48 bits per heavy atom. The van der Waals surface area contributed by atoms with Gasteiger partial charge in [0.25, 0.3) is 0 Å². The second-order valence-electron chi connectivity index (χ2n) is 7.25. The first-order valence-corrected chi connectivity index (χ1v) is 8.66. The van der Waals surface area contributed by atoms with E-state index in [1.165, 1.54) is 16.3 Å². The number of thiophene rings is 1. The summed E-state index contributed by atoms with van der Waals surface area (Å²) in [7, 11) is 0. The summed E-state index contributed by atoms with van der Waals surface area (Å²) in [5.41, 5.74) is 3.96. The predicted molar refractivity (Wildman–Crippen MR) is 89.0 cm³/mol. The molecule has 3 heteroatoms. The van der Waals surface area contributed by atoms with Crippen molar-refractivity contribution in [1.29, 1.82) is 0 Å². The van der Waals surface area contributed by atoms with Gasteiger partial charge in [-0.25, -0.2) is 0 Å². The normalized spacial score (nSPS) is 22.0. The zero-order valence-electron chi connectivity index (χ0n) is 13.4. The molecule has 2 unspecified atom stereocenters. The molecule has 1 aliphatic carbocycles. The van der Waals surface area contributed by atoms with E-state index < -0.39 is 0 Å². The van der Waals surface area contributed by atoms with Crippen LogP contribution >= 0.6 is 11.3 Å². The fourth-order valence-electron chi connectivity index (χ4n) is 3.79. The third kappa shape index (κ3) is 2.82. The van der Waals surface area contributed by atoms with Gasteiger partial charge in [0.2, 0.25) is 0 Å². The second-order valence-corrected chi connectivity index (χ2v) is 8.28. The summed E-state index contributed by atoms with van der Waals surface area (Å²) in [6.45, 7) is 8.98. The summed E-state index contributed by atoms with van der Waals surface area (Å²) < 4.78 is 2.46. The molecule has 0 bridgehead atoms. The molecule has 0 aromatic carbocycles. The van der Waals surface area contributed by atoms with E-state index in [0.717, 1.165) is 24.8 Å². The van der Waals surface area contributed by atoms with Crippen LogP contribution < -0.4 is 0 Å². The lowest BCUT2D eigenvalue weighted by Gasteiger charge is -2.35. The largest absolute Gasteiger partial charge is 0.388 e. The SMILES string of the molecule is Cc1cc2c(n1C(C)Cc1cccs1)CC(C)(C)CC2O. The van der Waals surface area contributed by atoms with Gasteiger partial charge in [-0.05, 0) is 49.6 Å². The van der Waals surface area contributed by atoms with E-state index in [1.807, 2.05) is 11.3 Å². The molecule has 114 valence electrons. The average molecular weight is 303 g/mol. The van der Waals surface area contributed by atoms with Crippen LogP contribution in [0.4, 0.5) is 0 Å². The minimum atomic E-state index is -0.308. The number of fused-ring (bicyclic) bond motifs is 1. The van der Waals surface area contributed by atoms with Gasteiger partial charge in [0.1, 0.15) is 0 Å². The molecule has 1 N–H and O–H groups in total. The smallest absolute Gasteiger partial charge is 0.0812 e. The van der Waals surface area contributed by atoms with Gasteiger partial charge in [-0.15, -0.1) is 11.3 Å². The van der Waals surface area contributed by atoms with Crippen molar-refractivity contribution in [2.24, 2.45) is 5.41 Å².